The van der Waals surface area contributed by atoms with Gasteiger partial charge in [-0.25, -0.2) is 10.2 Å². The van der Waals surface area contributed by atoms with Gasteiger partial charge in [0.15, 0.2) is 0 Å². The van der Waals surface area contributed by atoms with E-state index in [0.717, 1.165) is 35.1 Å². The van der Waals surface area contributed by atoms with Crippen LogP contribution >= 0.6 is 15.9 Å². The van der Waals surface area contributed by atoms with E-state index in [1.54, 1.807) is 0 Å². The third kappa shape index (κ3) is 4.39. The highest BCUT2D eigenvalue weighted by atomic mass is 79.9. The van der Waals surface area contributed by atoms with Crippen LogP contribution in [-0.4, -0.2) is 30.2 Å². The molecule has 0 fully saturated rings. The predicted molar refractivity (Wildman–Crippen MR) is 100 cm³/mol. The molecule has 0 aliphatic carbocycles. The van der Waals surface area contributed by atoms with Crippen LogP contribution in [0.2, 0.25) is 0 Å². The molecule has 0 spiro atoms. The van der Waals surface area contributed by atoms with Gasteiger partial charge in [0.1, 0.15) is 0 Å². The zero-order valence-corrected chi connectivity index (χ0v) is 16.5. The van der Waals surface area contributed by atoms with Crippen molar-refractivity contribution < 1.29 is 9.53 Å². The van der Waals surface area contributed by atoms with Crippen LogP contribution in [-0.2, 0) is 16.0 Å². The van der Waals surface area contributed by atoms with E-state index < -0.39 is 0 Å². The minimum Gasteiger partial charge on any atom is -0.463 e. The lowest BCUT2D eigenvalue weighted by Gasteiger charge is -2.24. The summed E-state index contributed by atoms with van der Waals surface area (Å²) in [6.07, 6.45) is 1.73. The first kappa shape index (κ1) is 19.0. The molecule has 1 aliphatic heterocycles. The monoisotopic (exact) mass is 394 g/mol. The second-order valence-electron chi connectivity index (χ2n) is 6.39. The van der Waals surface area contributed by atoms with E-state index in [1.165, 1.54) is 5.56 Å². The van der Waals surface area contributed by atoms with Crippen molar-refractivity contribution in [3.63, 3.8) is 0 Å². The maximum atomic E-state index is 12.6. The predicted octanol–water partition coefficient (Wildman–Crippen LogP) is 4.06. The van der Waals surface area contributed by atoms with Gasteiger partial charge in [0.2, 0.25) is 0 Å². The van der Waals surface area contributed by atoms with E-state index in [-0.39, 0.29) is 12.0 Å². The Bertz CT molecular complexity index is 596. The fourth-order valence-electron chi connectivity index (χ4n) is 2.98. The van der Waals surface area contributed by atoms with Gasteiger partial charge in [-0.2, -0.15) is 0 Å². The first-order chi connectivity index (χ1) is 11.5. The number of hydrazine groups is 1. The van der Waals surface area contributed by atoms with E-state index in [4.69, 9.17) is 4.74 Å². The van der Waals surface area contributed by atoms with Gasteiger partial charge in [-0.05, 0) is 37.0 Å². The van der Waals surface area contributed by atoms with Crippen LogP contribution < -0.4 is 5.43 Å². The molecular formula is C19H27BrN2O2. The van der Waals surface area contributed by atoms with E-state index in [0.29, 0.717) is 12.5 Å². The van der Waals surface area contributed by atoms with E-state index in [2.05, 4.69) is 59.3 Å². The summed E-state index contributed by atoms with van der Waals surface area (Å²) in [5, 5.41) is 2.14. The molecule has 0 saturated heterocycles. The van der Waals surface area contributed by atoms with Crippen LogP contribution in [0.15, 0.2) is 40.0 Å². The quantitative estimate of drug-likeness (QED) is 0.707. The van der Waals surface area contributed by atoms with E-state index >= 15 is 0 Å². The summed E-state index contributed by atoms with van der Waals surface area (Å²) in [5.74, 6) is 0.112. The Morgan fingerprint density at radius 1 is 1.29 bits per heavy atom. The average molecular weight is 395 g/mol. The molecule has 4 nitrogen and oxygen atoms in total. The number of allylic oxidation sites excluding steroid dienone is 1. The number of esters is 1. The van der Waals surface area contributed by atoms with Crippen molar-refractivity contribution >= 4 is 21.9 Å². The van der Waals surface area contributed by atoms with Crippen molar-refractivity contribution in [3.05, 3.63) is 45.6 Å². The molecule has 1 unspecified atom stereocenters. The topological polar surface area (TPSA) is 41.6 Å². The molecule has 0 amide bonds. The van der Waals surface area contributed by atoms with E-state index in [1.807, 2.05) is 19.1 Å². The molecule has 132 valence electrons. The summed E-state index contributed by atoms with van der Waals surface area (Å²) in [6.45, 7) is 9.52. The Balaban J connectivity index is 2.40. The number of hydrogen-bond donors (Lipinski definition) is 1. The second kappa shape index (κ2) is 8.67. The van der Waals surface area contributed by atoms with Crippen LogP contribution in [0, 0.1) is 5.92 Å². The first-order valence-corrected chi connectivity index (χ1v) is 9.45. The Morgan fingerprint density at radius 2 is 1.96 bits per heavy atom. The van der Waals surface area contributed by atoms with Crippen LogP contribution in [0.4, 0.5) is 0 Å². The lowest BCUT2D eigenvalue weighted by Crippen LogP contribution is -2.41. The van der Waals surface area contributed by atoms with Gasteiger partial charge >= 0.3 is 5.97 Å². The van der Waals surface area contributed by atoms with Crippen molar-refractivity contribution in [1.82, 2.24) is 10.4 Å². The van der Waals surface area contributed by atoms with Crippen molar-refractivity contribution in [2.75, 3.05) is 13.2 Å². The molecule has 2 rings (SSSR count). The number of nitrogens with one attached hydrogen (secondary N) is 1. The highest BCUT2D eigenvalue weighted by Crippen LogP contribution is 2.29. The number of carbonyl (C=O) groups excluding carboxylic acids is 1. The second-order valence-corrected chi connectivity index (χ2v) is 7.30. The first-order valence-electron chi connectivity index (χ1n) is 8.66. The van der Waals surface area contributed by atoms with Crippen molar-refractivity contribution in [3.8, 4) is 0 Å². The van der Waals surface area contributed by atoms with Gasteiger partial charge in [-0.3, -0.25) is 0 Å². The molecule has 1 aromatic rings. The summed E-state index contributed by atoms with van der Waals surface area (Å²) >= 11 is 3.47. The number of rotatable bonds is 7. The fourth-order valence-corrected chi connectivity index (χ4v) is 3.24. The average Bonchev–Trinajstić information content (AvgIpc) is 2.89. The minimum absolute atomic E-state index is 0.000971. The molecule has 1 aliphatic rings. The third-order valence-electron chi connectivity index (χ3n) is 4.14. The third-order valence-corrected chi connectivity index (χ3v) is 4.67. The number of hydrogen-bond acceptors (Lipinski definition) is 4. The SMILES string of the molecule is CCCN1NC(C(C)C)C(C(=O)OCC)=C1Cc1ccc(Br)cc1. The number of ether oxygens (including phenoxy) is 1. The Labute approximate surface area is 153 Å². The van der Waals surface area contributed by atoms with Gasteiger partial charge in [-0.15, -0.1) is 0 Å². The van der Waals surface area contributed by atoms with Gasteiger partial charge in [-0.1, -0.05) is 48.8 Å². The Kier molecular flexibility index (Phi) is 6.87. The van der Waals surface area contributed by atoms with Gasteiger partial charge in [0.25, 0.3) is 0 Å². The van der Waals surface area contributed by atoms with Crippen molar-refractivity contribution in [2.24, 2.45) is 5.92 Å². The number of carbonyl (C=O) groups is 1. The molecule has 0 bridgehead atoms. The lowest BCUT2D eigenvalue weighted by atomic mass is 9.94. The molecule has 0 radical (unpaired) electrons. The molecule has 1 atom stereocenters. The Morgan fingerprint density at radius 3 is 2.50 bits per heavy atom. The smallest absolute Gasteiger partial charge is 0.337 e. The van der Waals surface area contributed by atoms with Crippen LogP contribution in [0.5, 0.6) is 0 Å². The van der Waals surface area contributed by atoms with Crippen LogP contribution in [0.25, 0.3) is 0 Å². The number of benzene rings is 1. The maximum absolute atomic E-state index is 12.6. The van der Waals surface area contributed by atoms with Crippen molar-refractivity contribution in [1.29, 1.82) is 0 Å². The summed E-state index contributed by atoms with van der Waals surface area (Å²) in [4.78, 5) is 12.6. The molecular weight excluding hydrogens is 368 g/mol. The summed E-state index contributed by atoms with van der Waals surface area (Å²) in [5.41, 5.74) is 6.51. The zero-order valence-electron chi connectivity index (χ0n) is 14.9. The molecule has 0 aromatic heterocycles. The van der Waals surface area contributed by atoms with Crippen molar-refractivity contribution in [2.45, 2.75) is 46.6 Å². The largest absolute Gasteiger partial charge is 0.463 e. The van der Waals surface area contributed by atoms with E-state index in [9.17, 15) is 4.79 Å². The summed E-state index contributed by atoms with van der Waals surface area (Å²) in [7, 11) is 0. The number of halogens is 1. The van der Waals surface area contributed by atoms with Gasteiger partial charge in [0.05, 0.1) is 18.2 Å². The van der Waals surface area contributed by atoms with Gasteiger partial charge < -0.3 is 9.75 Å². The summed E-state index contributed by atoms with van der Waals surface area (Å²) < 4.78 is 6.41. The molecule has 1 N–H and O–H groups in total. The number of nitrogens with zero attached hydrogens (tertiary/aromatic N) is 1. The molecule has 0 saturated carbocycles. The molecule has 1 aromatic carbocycles. The van der Waals surface area contributed by atoms with Crippen LogP contribution in [0.1, 0.15) is 39.7 Å². The molecule has 5 heteroatoms. The normalized spacial score (nSPS) is 17.8. The fraction of sp³-hybridized carbons (Fsp3) is 0.526. The standard InChI is InChI=1S/C19H27BrN2O2/c1-5-11-22-16(12-14-7-9-15(20)10-8-14)17(19(23)24-6-2)18(21-22)13(3)4/h7-10,13,18,21H,5-6,11-12H2,1-4H3. The zero-order chi connectivity index (χ0) is 17.7. The minimum atomic E-state index is -0.200. The Hall–Kier alpha value is -1.33. The van der Waals surface area contributed by atoms with Crippen LogP contribution in [0.3, 0.4) is 0 Å². The molecule has 24 heavy (non-hydrogen) atoms. The summed E-state index contributed by atoms with van der Waals surface area (Å²) in [6, 6.07) is 8.25. The molecule has 1 heterocycles. The van der Waals surface area contributed by atoms with Gasteiger partial charge in [0, 0.05) is 23.1 Å². The maximum Gasteiger partial charge on any atom is 0.337 e. The highest BCUT2D eigenvalue weighted by Gasteiger charge is 2.37. The lowest BCUT2D eigenvalue weighted by molar-refractivity contribution is -0.138. The highest BCUT2D eigenvalue weighted by molar-refractivity contribution is 9.10.